The van der Waals surface area contributed by atoms with Gasteiger partial charge in [-0.15, -0.1) is 0 Å². The molecule has 1 fully saturated rings. The molecule has 1 atom stereocenters. The highest BCUT2D eigenvalue weighted by Crippen LogP contribution is 2.20. The predicted molar refractivity (Wildman–Crippen MR) is 94.4 cm³/mol. The zero-order valence-corrected chi connectivity index (χ0v) is 14.9. The largest absolute Gasteiger partial charge is 0.381 e. The first kappa shape index (κ1) is 16.9. The maximum atomic E-state index is 12.3. The van der Waals surface area contributed by atoms with Crippen LogP contribution in [-0.2, 0) is 4.74 Å². The van der Waals surface area contributed by atoms with E-state index < -0.39 is 11.4 Å². The summed E-state index contributed by atoms with van der Waals surface area (Å²) in [4.78, 5) is 31.2. The van der Waals surface area contributed by atoms with Gasteiger partial charge in [0.2, 0.25) is 5.95 Å². The van der Waals surface area contributed by atoms with Crippen molar-refractivity contribution in [3.63, 3.8) is 0 Å². The van der Waals surface area contributed by atoms with Crippen molar-refractivity contribution < 1.29 is 4.74 Å². The number of hydrogen-bond donors (Lipinski definition) is 2. The minimum Gasteiger partial charge on any atom is -0.381 e. The van der Waals surface area contributed by atoms with Gasteiger partial charge in [-0.25, -0.2) is 14.2 Å². The van der Waals surface area contributed by atoms with Gasteiger partial charge in [0.05, 0.1) is 6.04 Å². The van der Waals surface area contributed by atoms with Gasteiger partial charge in [0.15, 0.2) is 0 Å². The third-order valence-electron chi connectivity index (χ3n) is 4.12. The van der Waals surface area contributed by atoms with Crippen LogP contribution in [0, 0.1) is 0 Å². The number of aromatic nitrogens is 3. The first-order valence-corrected chi connectivity index (χ1v) is 8.66. The predicted octanol–water partition coefficient (Wildman–Crippen LogP) is 2.22. The fraction of sp³-hybridized carbons (Fsp3) is 0.438. The Hall–Kier alpha value is -1.93. The van der Waals surface area contributed by atoms with Crippen LogP contribution in [0.4, 0.5) is 5.95 Å². The maximum Gasteiger partial charge on any atom is 0.355 e. The Morgan fingerprint density at radius 1 is 1.38 bits per heavy atom. The quantitative estimate of drug-likeness (QED) is 0.829. The molecule has 0 saturated carbocycles. The van der Waals surface area contributed by atoms with Crippen LogP contribution in [0.15, 0.2) is 38.3 Å². The number of anilines is 1. The Balaban J connectivity index is 1.82. The maximum absolute atomic E-state index is 12.3. The molecule has 1 unspecified atom stereocenters. The number of nitrogens with one attached hydrogen (secondary N) is 2. The standard InChI is InChI=1S/C16H19BrN4O3/c1-10(11-3-2-4-12(17)9-11)18-14-19-15(22)21(16(23)20-14)13-5-7-24-8-6-13/h2-4,9-10,13H,5-8H2,1H3,(H2,18,19,20,22,23). The zero-order valence-electron chi connectivity index (χ0n) is 13.3. The summed E-state index contributed by atoms with van der Waals surface area (Å²) >= 11 is 3.43. The van der Waals surface area contributed by atoms with E-state index in [-0.39, 0.29) is 18.0 Å². The topological polar surface area (TPSA) is 89.0 Å². The number of rotatable bonds is 4. The lowest BCUT2D eigenvalue weighted by Gasteiger charge is -2.23. The molecule has 1 aromatic carbocycles. The first-order chi connectivity index (χ1) is 11.5. The van der Waals surface area contributed by atoms with Crippen molar-refractivity contribution >= 4 is 21.9 Å². The number of aromatic amines is 1. The van der Waals surface area contributed by atoms with E-state index in [0.29, 0.717) is 26.1 Å². The van der Waals surface area contributed by atoms with Crippen molar-refractivity contribution in [3.05, 3.63) is 55.3 Å². The van der Waals surface area contributed by atoms with E-state index >= 15 is 0 Å². The number of H-pyrrole nitrogens is 1. The third kappa shape index (κ3) is 3.76. The molecule has 0 spiro atoms. The van der Waals surface area contributed by atoms with Crippen LogP contribution in [-0.4, -0.2) is 27.7 Å². The summed E-state index contributed by atoms with van der Waals surface area (Å²) in [6.45, 7) is 3.04. The smallest absolute Gasteiger partial charge is 0.355 e. The van der Waals surface area contributed by atoms with Gasteiger partial charge in [0.1, 0.15) is 0 Å². The van der Waals surface area contributed by atoms with Crippen molar-refractivity contribution in [1.29, 1.82) is 0 Å². The van der Waals surface area contributed by atoms with Crippen LogP contribution in [0.3, 0.4) is 0 Å². The Labute approximate surface area is 147 Å². The fourth-order valence-corrected chi connectivity index (χ4v) is 3.24. The van der Waals surface area contributed by atoms with Gasteiger partial charge in [-0.3, -0.25) is 4.98 Å². The van der Waals surface area contributed by atoms with E-state index in [1.165, 1.54) is 4.57 Å². The lowest BCUT2D eigenvalue weighted by atomic mass is 10.1. The van der Waals surface area contributed by atoms with Crippen molar-refractivity contribution in [2.24, 2.45) is 0 Å². The Morgan fingerprint density at radius 2 is 2.12 bits per heavy atom. The molecule has 3 rings (SSSR count). The Kier molecular flexibility index (Phi) is 5.15. The van der Waals surface area contributed by atoms with Gasteiger partial charge >= 0.3 is 11.4 Å². The molecule has 0 aliphatic carbocycles. The summed E-state index contributed by atoms with van der Waals surface area (Å²) in [7, 11) is 0. The van der Waals surface area contributed by atoms with Crippen LogP contribution < -0.4 is 16.7 Å². The minimum atomic E-state index is -0.533. The molecule has 2 heterocycles. The van der Waals surface area contributed by atoms with Crippen molar-refractivity contribution in [1.82, 2.24) is 14.5 Å². The lowest BCUT2D eigenvalue weighted by Crippen LogP contribution is -2.42. The van der Waals surface area contributed by atoms with Gasteiger partial charge in [0, 0.05) is 23.7 Å². The summed E-state index contributed by atoms with van der Waals surface area (Å²) in [5.41, 5.74) is 0.0427. The van der Waals surface area contributed by atoms with Crippen molar-refractivity contribution in [2.75, 3.05) is 18.5 Å². The van der Waals surface area contributed by atoms with Crippen LogP contribution >= 0.6 is 15.9 Å². The Morgan fingerprint density at radius 3 is 2.79 bits per heavy atom. The molecule has 0 bridgehead atoms. The molecule has 2 aromatic rings. The van der Waals surface area contributed by atoms with Crippen LogP contribution in [0.2, 0.25) is 0 Å². The summed E-state index contributed by atoms with van der Waals surface area (Å²) in [5, 5.41) is 3.07. The van der Waals surface area contributed by atoms with Crippen LogP contribution in [0.1, 0.15) is 37.4 Å². The average Bonchev–Trinajstić information content (AvgIpc) is 2.55. The number of nitrogens with zero attached hydrogens (tertiary/aromatic N) is 2. The second kappa shape index (κ2) is 7.31. The monoisotopic (exact) mass is 394 g/mol. The summed E-state index contributed by atoms with van der Waals surface area (Å²) < 4.78 is 7.43. The number of benzene rings is 1. The molecule has 1 aliphatic heterocycles. The lowest BCUT2D eigenvalue weighted by molar-refractivity contribution is 0.0670. The van der Waals surface area contributed by atoms with E-state index in [1.807, 2.05) is 31.2 Å². The van der Waals surface area contributed by atoms with Crippen LogP contribution in [0.5, 0.6) is 0 Å². The number of ether oxygens (including phenoxy) is 1. The Bertz CT molecular complexity index is 795. The molecule has 0 radical (unpaired) electrons. The van der Waals surface area contributed by atoms with Gasteiger partial charge in [-0.05, 0) is 37.5 Å². The molecule has 1 saturated heterocycles. The molecular formula is C16H19BrN4O3. The van der Waals surface area contributed by atoms with E-state index in [4.69, 9.17) is 4.74 Å². The molecule has 24 heavy (non-hydrogen) atoms. The minimum absolute atomic E-state index is 0.107. The van der Waals surface area contributed by atoms with Crippen molar-refractivity contribution in [2.45, 2.75) is 31.8 Å². The van der Waals surface area contributed by atoms with E-state index in [9.17, 15) is 9.59 Å². The molecule has 0 amide bonds. The highest BCUT2D eigenvalue weighted by molar-refractivity contribution is 9.10. The summed E-state index contributed by atoms with van der Waals surface area (Å²) in [6, 6.07) is 7.54. The fourth-order valence-electron chi connectivity index (χ4n) is 2.82. The molecule has 1 aromatic heterocycles. The molecule has 7 nitrogen and oxygen atoms in total. The average molecular weight is 395 g/mol. The van der Waals surface area contributed by atoms with Gasteiger partial charge < -0.3 is 10.1 Å². The number of halogens is 1. The van der Waals surface area contributed by atoms with Gasteiger partial charge in [-0.1, -0.05) is 28.1 Å². The third-order valence-corrected chi connectivity index (χ3v) is 4.61. The summed E-state index contributed by atoms with van der Waals surface area (Å²) in [5.74, 6) is 0.181. The zero-order chi connectivity index (χ0) is 17.1. The number of hydrogen-bond acceptors (Lipinski definition) is 5. The first-order valence-electron chi connectivity index (χ1n) is 7.87. The summed E-state index contributed by atoms with van der Waals surface area (Å²) in [6.07, 6.45) is 1.29. The SMILES string of the molecule is CC(Nc1nc(=O)n(C2CCOCC2)c(=O)[nH]1)c1cccc(Br)c1. The van der Waals surface area contributed by atoms with Gasteiger partial charge in [0.25, 0.3) is 0 Å². The van der Waals surface area contributed by atoms with Gasteiger partial charge in [-0.2, -0.15) is 4.98 Å². The second-order valence-corrected chi connectivity index (χ2v) is 6.72. The second-order valence-electron chi connectivity index (χ2n) is 5.81. The highest BCUT2D eigenvalue weighted by atomic mass is 79.9. The normalized spacial score (nSPS) is 16.8. The van der Waals surface area contributed by atoms with Crippen LogP contribution in [0.25, 0.3) is 0 Å². The highest BCUT2D eigenvalue weighted by Gasteiger charge is 2.20. The molecule has 2 N–H and O–H groups in total. The molecule has 128 valence electrons. The van der Waals surface area contributed by atoms with E-state index in [2.05, 4.69) is 31.2 Å². The molecular weight excluding hydrogens is 376 g/mol. The van der Waals surface area contributed by atoms with E-state index in [0.717, 1.165) is 10.0 Å². The van der Waals surface area contributed by atoms with Crippen molar-refractivity contribution in [3.8, 4) is 0 Å². The van der Waals surface area contributed by atoms with E-state index in [1.54, 1.807) is 0 Å². The molecule has 1 aliphatic rings. The molecule has 8 heteroatoms.